The lowest BCUT2D eigenvalue weighted by Crippen LogP contribution is -2.39. The molecule has 0 fully saturated rings. The van der Waals surface area contributed by atoms with Gasteiger partial charge in [-0.3, -0.25) is 24.3 Å². The zero-order valence-electron chi connectivity index (χ0n) is 23.5. The third-order valence-corrected chi connectivity index (χ3v) is 7.52. The number of benzene rings is 2. The highest BCUT2D eigenvalue weighted by Gasteiger charge is 2.34. The van der Waals surface area contributed by atoms with Gasteiger partial charge in [-0.25, -0.2) is 9.79 Å². The second kappa shape index (κ2) is 11.9. The highest BCUT2D eigenvalue weighted by molar-refractivity contribution is 7.07. The maximum absolute atomic E-state index is 13.9. The topological polar surface area (TPSA) is 152 Å². The van der Waals surface area contributed by atoms with Gasteiger partial charge in [0.15, 0.2) is 16.3 Å². The molecule has 220 valence electrons. The fraction of sp³-hybridized carbons (Fsp3) is 0.200. The van der Waals surface area contributed by atoms with Crippen LogP contribution in [-0.4, -0.2) is 35.1 Å². The third kappa shape index (κ3) is 5.62. The summed E-state index contributed by atoms with van der Waals surface area (Å²) in [6.07, 6.45) is 1.52. The van der Waals surface area contributed by atoms with Crippen LogP contribution in [0.1, 0.15) is 38.1 Å². The first kappa shape index (κ1) is 29.2. The molecule has 43 heavy (non-hydrogen) atoms. The minimum absolute atomic E-state index is 0.111. The Labute approximate surface area is 247 Å². The molecule has 0 radical (unpaired) electrons. The van der Waals surface area contributed by atoms with Gasteiger partial charge in [-0.05, 0) is 49.7 Å². The molecule has 0 saturated carbocycles. The quantitative estimate of drug-likeness (QED) is 0.126. The van der Waals surface area contributed by atoms with Crippen LogP contribution >= 0.6 is 11.3 Å². The monoisotopic (exact) mass is 603 g/mol. The number of hydrogen-bond donors (Lipinski definition) is 0. The molecule has 2 aromatic carbocycles. The molecule has 1 unspecified atom stereocenters. The third-order valence-electron chi connectivity index (χ3n) is 6.54. The number of carbonyl (C=O) groups is 2. The van der Waals surface area contributed by atoms with Gasteiger partial charge in [0.05, 0.1) is 46.0 Å². The molecule has 0 saturated heterocycles. The first-order valence-electron chi connectivity index (χ1n) is 13.0. The molecule has 0 spiro atoms. The second-order valence-electron chi connectivity index (χ2n) is 9.28. The summed E-state index contributed by atoms with van der Waals surface area (Å²) >= 11 is 1.09. The zero-order chi connectivity index (χ0) is 30.8. The summed E-state index contributed by atoms with van der Waals surface area (Å²) in [5, 5.41) is 11.5. The SMILES string of the molecule is CCOC(=O)C1=C(C)N=c2sc(=Cc3ccc(-c4ccccc4[N+](=O)[O-])o3)c(=O)n2C1c1ccc(OC(C)=O)c(OC)c1. The van der Waals surface area contributed by atoms with Crippen LogP contribution in [0.15, 0.2) is 80.1 Å². The zero-order valence-corrected chi connectivity index (χ0v) is 24.3. The Balaban J connectivity index is 1.65. The van der Waals surface area contributed by atoms with Crippen LogP contribution < -0.4 is 24.4 Å². The van der Waals surface area contributed by atoms with E-state index in [1.54, 1.807) is 56.3 Å². The number of nitro benzene ring substituents is 1. The van der Waals surface area contributed by atoms with E-state index in [2.05, 4.69) is 4.99 Å². The summed E-state index contributed by atoms with van der Waals surface area (Å²) in [5.41, 5.74) is 0.772. The molecule has 0 N–H and O–H groups in total. The summed E-state index contributed by atoms with van der Waals surface area (Å²) in [4.78, 5) is 54.5. The molecule has 0 amide bonds. The van der Waals surface area contributed by atoms with Crippen LogP contribution in [0.2, 0.25) is 0 Å². The average molecular weight is 604 g/mol. The Morgan fingerprint density at radius 3 is 2.63 bits per heavy atom. The number of rotatable bonds is 8. The maximum atomic E-state index is 13.9. The van der Waals surface area contributed by atoms with Crippen molar-refractivity contribution in [3.8, 4) is 22.8 Å². The lowest BCUT2D eigenvalue weighted by Gasteiger charge is -2.25. The van der Waals surface area contributed by atoms with E-state index in [4.69, 9.17) is 18.6 Å². The Morgan fingerprint density at radius 2 is 1.93 bits per heavy atom. The van der Waals surface area contributed by atoms with Gasteiger partial charge in [-0.1, -0.05) is 29.5 Å². The van der Waals surface area contributed by atoms with Crippen LogP contribution in [0.4, 0.5) is 5.69 Å². The van der Waals surface area contributed by atoms with Gasteiger partial charge in [0.2, 0.25) is 0 Å². The van der Waals surface area contributed by atoms with Crippen molar-refractivity contribution in [2.45, 2.75) is 26.8 Å². The van der Waals surface area contributed by atoms with Crippen molar-refractivity contribution in [2.75, 3.05) is 13.7 Å². The molecular weight excluding hydrogens is 578 g/mol. The van der Waals surface area contributed by atoms with Crippen molar-refractivity contribution in [2.24, 2.45) is 4.99 Å². The number of aromatic nitrogens is 1. The van der Waals surface area contributed by atoms with Crippen LogP contribution in [0, 0.1) is 10.1 Å². The molecule has 0 bridgehead atoms. The molecule has 13 heteroatoms. The minimum atomic E-state index is -0.933. The Kier molecular flexibility index (Phi) is 8.08. The predicted octanol–water partition coefficient (Wildman–Crippen LogP) is 3.90. The molecule has 1 aliphatic rings. The summed E-state index contributed by atoms with van der Waals surface area (Å²) in [5.74, 6) is -0.202. The van der Waals surface area contributed by atoms with Gasteiger partial charge in [0.1, 0.15) is 11.5 Å². The molecule has 1 aliphatic heterocycles. The molecule has 5 rings (SSSR count). The van der Waals surface area contributed by atoms with E-state index in [0.29, 0.717) is 27.4 Å². The van der Waals surface area contributed by atoms with Gasteiger partial charge in [0.25, 0.3) is 11.2 Å². The van der Waals surface area contributed by atoms with Gasteiger partial charge in [-0.15, -0.1) is 0 Å². The molecule has 4 aromatic rings. The number of hydrogen-bond acceptors (Lipinski definition) is 11. The minimum Gasteiger partial charge on any atom is -0.493 e. The maximum Gasteiger partial charge on any atom is 0.338 e. The Hall–Kier alpha value is -5.30. The number of carbonyl (C=O) groups excluding carboxylic acids is 2. The number of furan rings is 1. The van der Waals surface area contributed by atoms with E-state index in [-0.39, 0.29) is 39.7 Å². The van der Waals surface area contributed by atoms with E-state index in [0.717, 1.165) is 11.3 Å². The molecular formula is C30H25N3O9S. The van der Waals surface area contributed by atoms with Gasteiger partial charge < -0.3 is 18.6 Å². The Morgan fingerprint density at radius 1 is 1.16 bits per heavy atom. The van der Waals surface area contributed by atoms with Crippen molar-refractivity contribution in [3.05, 3.63) is 107 Å². The van der Waals surface area contributed by atoms with Crippen molar-refractivity contribution in [1.82, 2.24) is 4.57 Å². The highest BCUT2D eigenvalue weighted by Crippen LogP contribution is 2.36. The van der Waals surface area contributed by atoms with E-state index in [1.165, 1.54) is 36.8 Å². The summed E-state index contributed by atoms with van der Waals surface area (Å²) in [6, 6.07) is 13.2. The van der Waals surface area contributed by atoms with E-state index < -0.39 is 28.5 Å². The number of nitrogens with zero attached hydrogens (tertiary/aromatic N) is 3. The van der Waals surface area contributed by atoms with Crippen LogP contribution in [0.3, 0.4) is 0 Å². The van der Waals surface area contributed by atoms with Crippen LogP contribution in [-0.2, 0) is 14.3 Å². The van der Waals surface area contributed by atoms with E-state index in [9.17, 15) is 24.5 Å². The normalized spacial score (nSPS) is 14.6. The summed E-state index contributed by atoms with van der Waals surface area (Å²) < 4.78 is 23.5. The van der Waals surface area contributed by atoms with Gasteiger partial charge >= 0.3 is 11.9 Å². The standard InChI is InChI=1S/C30H25N3O9S/c1-5-40-29(36)26-16(2)31-30-32(27(26)18-10-12-23(41-17(3)34)24(14-18)39-4)28(35)25(43-30)15-19-11-13-22(42-19)20-8-6-7-9-21(20)33(37)38/h6-15,27H,5H2,1-4H3. The molecule has 12 nitrogen and oxygen atoms in total. The number of para-hydroxylation sites is 1. The van der Waals surface area contributed by atoms with E-state index in [1.807, 2.05) is 0 Å². The van der Waals surface area contributed by atoms with Crippen LogP contribution in [0.25, 0.3) is 17.4 Å². The fourth-order valence-electron chi connectivity index (χ4n) is 4.75. The average Bonchev–Trinajstić information content (AvgIpc) is 3.56. The number of ether oxygens (including phenoxy) is 3. The van der Waals surface area contributed by atoms with Crippen molar-refractivity contribution in [3.63, 3.8) is 0 Å². The number of allylic oxidation sites excluding steroid dienone is 1. The summed E-state index contributed by atoms with van der Waals surface area (Å²) in [6.45, 7) is 4.71. The lowest BCUT2D eigenvalue weighted by atomic mass is 9.95. The molecule has 2 aromatic heterocycles. The smallest absolute Gasteiger partial charge is 0.338 e. The number of methoxy groups -OCH3 is 1. The number of fused-ring (bicyclic) bond motifs is 1. The van der Waals surface area contributed by atoms with Crippen molar-refractivity contribution in [1.29, 1.82) is 0 Å². The van der Waals surface area contributed by atoms with Crippen molar-refractivity contribution >= 4 is 35.0 Å². The predicted molar refractivity (Wildman–Crippen MR) is 156 cm³/mol. The number of esters is 2. The molecule has 3 heterocycles. The van der Waals surface area contributed by atoms with Gasteiger partial charge in [0, 0.05) is 19.1 Å². The second-order valence-corrected chi connectivity index (χ2v) is 10.3. The molecule has 0 aliphatic carbocycles. The molecule has 1 atom stereocenters. The Bertz CT molecular complexity index is 1980. The number of nitro groups is 1. The lowest BCUT2D eigenvalue weighted by molar-refractivity contribution is -0.384. The van der Waals surface area contributed by atoms with E-state index >= 15 is 0 Å². The fourth-order valence-corrected chi connectivity index (χ4v) is 5.77. The van der Waals surface area contributed by atoms with Crippen LogP contribution in [0.5, 0.6) is 11.5 Å². The van der Waals surface area contributed by atoms with Gasteiger partial charge in [-0.2, -0.15) is 0 Å². The highest BCUT2D eigenvalue weighted by atomic mass is 32.1. The number of thiazole rings is 1. The first-order chi connectivity index (χ1) is 20.6. The van der Waals surface area contributed by atoms with Crippen molar-refractivity contribution < 1.29 is 33.1 Å². The first-order valence-corrected chi connectivity index (χ1v) is 13.8. The largest absolute Gasteiger partial charge is 0.493 e. The summed E-state index contributed by atoms with van der Waals surface area (Å²) in [7, 11) is 1.41.